The summed E-state index contributed by atoms with van der Waals surface area (Å²) >= 11 is 5.87. The molecule has 0 N–H and O–H groups in total. The van der Waals surface area contributed by atoms with Crippen molar-refractivity contribution >= 4 is 23.5 Å². The second-order valence-electron chi connectivity index (χ2n) is 5.03. The van der Waals surface area contributed by atoms with Crippen LogP contribution in [0.2, 0.25) is 5.02 Å². The SMILES string of the molecule is COC(=O)CC1CCCCN1C(=O)c1cccc(F)c1Cl. The van der Waals surface area contributed by atoms with Crippen molar-refractivity contribution in [3.05, 3.63) is 34.6 Å². The van der Waals surface area contributed by atoms with E-state index in [1.54, 1.807) is 4.90 Å². The van der Waals surface area contributed by atoms with Gasteiger partial charge in [0.1, 0.15) is 5.82 Å². The number of halogens is 2. The van der Waals surface area contributed by atoms with Crippen LogP contribution in [0, 0.1) is 5.82 Å². The first-order valence-corrected chi connectivity index (χ1v) is 7.24. The number of carbonyl (C=O) groups is 2. The first-order valence-electron chi connectivity index (χ1n) is 6.86. The van der Waals surface area contributed by atoms with E-state index in [1.165, 1.54) is 25.3 Å². The molecule has 1 aliphatic rings. The Morgan fingerprint density at radius 3 is 2.90 bits per heavy atom. The smallest absolute Gasteiger partial charge is 0.307 e. The average Bonchev–Trinajstić information content (AvgIpc) is 2.50. The van der Waals surface area contributed by atoms with Crippen molar-refractivity contribution in [3.8, 4) is 0 Å². The Balaban J connectivity index is 2.22. The van der Waals surface area contributed by atoms with E-state index < -0.39 is 5.82 Å². The van der Waals surface area contributed by atoms with E-state index in [4.69, 9.17) is 11.6 Å². The van der Waals surface area contributed by atoms with Gasteiger partial charge in [-0.2, -0.15) is 0 Å². The van der Waals surface area contributed by atoms with Gasteiger partial charge >= 0.3 is 5.97 Å². The van der Waals surface area contributed by atoms with Crippen molar-refractivity contribution < 1.29 is 18.7 Å². The Bertz CT molecular complexity index is 550. The van der Waals surface area contributed by atoms with Gasteiger partial charge in [0.2, 0.25) is 0 Å². The monoisotopic (exact) mass is 313 g/mol. The number of carbonyl (C=O) groups excluding carboxylic acids is 2. The quantitative estimate of drug-likeness (QED) is 0.806. The maximum atomic E-state index is 13.5. The first kappa shape index (κ1) is 15.8. The number of amides is 1. The molecule has 0 saturated carbocycles. The summed E-state index contributed by atoms with van der Waals surface area (Å²) in [7, 11) is 1.32. The van der Waals surface area contributed by atoms with E-state index >= 15 is 0 Å². The van der Waals surface area contributed by atoms with Crippen molar-refractivity contribution in [2.45, 2.75) is 31.7 Å². The Morgan fingerprint density at radius 1 is 1.43 bits per heavy atom. The molecule has 2 rings (SSSR count). The van der Waals surface area contributed by atoms with E-state index in [-0.39, 0.29) is 34.9 Å². The highest BCUT2D eigenvalue weighted by atomic mass is 35.5. The van der Waals surface area contributed by atoms with Crippen LogP contribution in [0.3, 0.4) is 0 Å². The van der Waals surface area contributed by atoms with E-state index in [9.17, 15) is 14.0 Å². The van der Waals surface area contributed by atoms with Gasteiger partial charge in [-0.05, 0) is 31.4 Å². The molecular formula is C15H17ClFNO3. The number of rotatable bonds is 3. The lowest BCUT2D eigenvalue weighted by molar-refractivity contribution is -0.142. The van der Waals surface area contributed by atoms with Crippen LogP contribution in [-0.4, -0.2) is 36.5 Å². The molecule has 114 valence electrons. The van der Waals surface area contributed by atoms with Crippen molar-refractivity contribution in [1.82, 2.24) is 4.90 Å². The van der Waals surface area contributed by atoms with Crippen molar-refractivity contribution in [2.24, 2.45) is 0 Å². The van der Waals surface area contributed by atoms with E-state index in [0.29, 0.717) is 6.54 Å². The van der Waals surface area contributed by atoms with Gasteiger partial charge in [-0.25, -0.2) is 4.39 Å². The van der Waals surface area contributed by atoms with Gasteiger partial charge in [-0.1, -0.05) is 17.7 Å². The average molecular weight is 314 g/mol. The number of piperidine rings is 1. The molecule has 1 unspecified atom stereocenters. The Hall–Kier alpha value is -1.62. The number of esters is 1. The molecule has 4 nitrogen and oxygen atoms in total. The molecule has 0 spiro atoms. The summed E-state index contributed by atoms with van der Waals surface area (Å²) in [4.78, 5) is 25.6. The van der Waals surface area contributed by atoms with Crippen LogP contribution in [0.15, 0.2) is 18.2 Å². The molecule has 1 heterocycles. The maximum absolute atomic E-state index is 13.5. The minimum Gasteiger partial charge on any atom is -0.469 e. The van der Waals surface area contributed by atoms with Gasteiger partial charge in [-0.15, -0.1) is 0 Å². The Morgan fingerprint density at radius 2 is 2.19 bits per heavy atom. The number of methoxy groups -OCH3 is 1. The molecule has 0 radical (unpaired) electrons. The van der Waals surface area contributed by atoms with Gasteiger partial charge in [-0.3, -0.25) is 9.59 Å². The number of benzene rings is 1. The van der Waals surface area contributed by atoms with Gasteiger partial charge in [0.25, 0.3) is 5.91 Å². The lowest BCUT2D eigenvalue weighted by atomic mass is 9.98. The van der Waals surface area contributed by atoms with Crippen LogP contribution in [-0.2, 0) is 9.53 Å². The first-order chi connectivity index (χ1) is 10.0. The number of hydrogen-bond acceptors (Lipinski definition) is 3. The summed E-state index contributed by atoms with van der Waals surface area (Å²) in [5.74, 6) is -1.32. The minimum absolute atomic E-state index is 0.133. The highest BCUT2D eigenvalue weighted by molar-refractivity contribution is 6.34. The second-order valence-corrected chi connectivity index (χ2v) is 5.41. The second kappa shape index (κ2) is 6.89. The lowest BCUT2D eigenvalue weighted by Gasteiger charge is -2.35. The van der Waals surface area contributed by atoms with Crippen LogP contribution < -0.4 is 0 Å². The summed E-state index contributed by atoms with van der Waals surface area (Å²) in [6, 6.07) is 3.94. The van der Waals surface area contributed by atoms with Crippen LogP contribution in [0.1, 0.15) is 36.0 Å². The van der Waals surface area contributed by atoms with Crippen molar-refractivity contribution in [1.29, 1.82) is 0 Å². The summed E-state index contributed by atoms with van der Waals surface area (Å²) in [6.07, 6.45) is 2.68. The van der Waals surface area contributed by atoms with Gasteiger partial charge in [0, 0.05) is 12.6 Å². The number of hydrogen-bond donors (Lipinski definition) is 0. The van der Waals surface area contributed by atoms with E-state index in [0.717, 1.165) is 19.3 Å². The summed E-state index contributed by atoms with van der Waals surface area (Å²) < 4.78 is 18.2. The predicted octanol–water partition coefficient (Wildman–Crippen LogP) is 3.04. The molecule has 1 aromatic carbocycles. The number of ether oxygens (including phenoxy) is 1. The van der Waals surface area contributed by atoms with E-state index in [2.05, 4.69) is 4.74 Å². The number of nitrogens with zero attached hydrogens (tertiary/aromatic N) is 1. The standard InChI is InChI=1S/C15H17ClFNO3/c1-21-13(19)9-10-5-2-3-8-18(10)15(20)11-6-4-7-12(17)14(11)16/h4,6-7,10H,2-3,5,8-9H2,1H3. The third-order valence-electron chi connectivity index (χ3n) is 3.70. The van der Waals surface area contributed by atoms with E-state index in [1.807, 2.05) is 0 Å². The zero-order valence-electron chi connectivity index (χ0n) is 11.8. The molecule has 1 aliphatic heterocycles. The molecule has 1 aromatic rings. The molecule has 21 heavy (non-hydrogen) atoms. The van der Waals surface area contributed by atoms with Crippen LogP contribution >= 0.6 is 11.6 Å². The van der Waals surface area contributed by atoms with Gasteiger partial charge in [0.05, 0.1) is 24.1 Å². The molecule has 0 aliphatic carbocycles. The van der Waals surface area contributed by atoms with Crippen LogP contribution in [0.4, 0.5) is 4.39 Å². The molecule has 1 saturated heterocycles. The highest BCUT2D eigenvalue weighted by Crippen LogP contribution is 2.26. The molecular weight excluding hydrogens is 297 g/mol. The predicted molar refractivity (Wildman–Crippen MR) is 76.7 cm³/mol. The van der Waals surface area contributed by atoms with Crippen LogP contribution in [0.5, 0.6) is 0 Å². The Labute approximate surface area is 127 Å². The topological polar surface area (TPSA) is 46.6 Å². The molecule has 1 atom stereocenters. The highest BCUT2D eigenvalue weighted by Gasteiger charge is 2.30. The normalized spacial score (nSPS) is 18.4. The van der Waals surface area contributed by atoms with Crippen LogP contribution in [0.25, 0.3) is 0 Å². The van der Waals surface area contributed by atoms with Gasteiger partial charge in [0.15, 0.2) is 0 Å². The summed E-state index contributed by atoms with van der Waals surface area (Å²) in [5.41, 5.74) is 0.133. The lowest BCUT2D eigenvalue weighted by Crippen LogP contribution is -2.45. The number of likely N-dealkylation sites (tertiary alicyclic amines) is 1. The van der Waals surface area contributed by atoms with Crippen molar-refractivity contribution in [3.63, 3.8) is 0 Å². The molecule has 1 fully saturated rings. The third kappa shape index (κ3) is 3.53. The molecule has 6 heteroatoms. The minimum atomic E-state index is -0.621. The third-order valence-corrected chi connectivity index (χ3v) is 4.08. The fourth-order valence-corrected chi connectivity index (χ4v) is 2.79. The summed E-state index contributed by atoms with van der Waals surface area (Å²) in [6.45, 7) is 0.535. The zero-order valence-corrected chi connectivity index (χ0v) is 12.5. The summed E-state index contributed by atoms with van der Waals surface area (Å²) in [5, 5.41) is -0.176. The van der Waals surface area contributed by atoms with Crippen molar-refractivity contribution in [2.75, 3.05) is 13.7 Å². The van der Waals surface area contributed by atoms with Gasteiger partial charge < -0.3 is 9.64 Å². The maximum Gasteiger partial charge on any atom is 0.307 e. The molecule has 1 amide bonds. The zero-order chi connectivity index (χ0) is 15.4. The fourth-order valence-electron chi connectivity index (χ4n) is 2.58. The molecule has 0 aromatic heterocycles. The Kier molecular flexibility index (Phi) is 5.17. The largest absolute Gasteiger partial charge is 0.469 e. The fraction of sp³-hybridized carbons (Fsp3) is 0.467. The molecule has 0 bridgehead atoms.